The summed E-state index contributed by atoms with van der Waals surface area (Å²) in [4.78, 5) is 15.5. The molecule has 2 aromatic rings. The van der Waals surface area contributed by atoms with Crippen LogP contribution in [0.2, 0.25) is 0 Å². The second kappa shape index (κ2) is 8.07. The number of nitrogens with zero attached hydrogens (tertiary/aromatic N) is 1. The third kappa shape index (κ3) is 3.60. The van der Waals surface area contributed by atoms with Crippen molar-refractivity contribution in [2.75, 3.05) is 20.8 Å². The Morgan fingerprint density at radius 1 is 1.03 bits per heavy atom. The molecule has 0 aromatic heterocycles. The van der Waals surface area contributed by atoms with Gasteiger partial charge in [0.15, 0.2) is 0 Å². The molecule has 2 fully saturated rings. The van der Waals surface area contributed by atoms with Gasteiger partial charge in [0.25, 0.3) is 5.91 Å². The Hall–Kier alpha value is -2.53. The number of amides is 1. The molecule has 2 aromatic carbocycles. The number of rotatable bonds is 4. The zero-order valence-electron chi connectivity index (χ0n) is 17.1. The lowest BCUT2D eigenvalue weighted by molar-refractivity contribution is -0.115. The molecule has 1 saturated heterocycles. The summed E-state index contributed by atoms with van der Waals surface area (Å²) in [7, 11) is 3.23. The number of carbonyl (C=O) groups is 1. The second-order valence-corrected chi connectivity index (χ2v) is 8.12. The molecule has 0 radical (unpaired) electrons. The maximum atomic E-state index is 13.6. The van der Waals surface area contributed by atoms with Crippen LogP contribution in [-0.4, -0.2) is 42.3 Å². The minimum absolute atomic E-state index is 0.0250. The molecule has 1 heterocycles. The highest BCUT2D eigenvalue weighted by Gasteiger charge is 2.50. The van der Waals surface area contributed by atoms with Crippen molar-refractivity contribution < 1.29 is 19.4 Å². The monoisotopic (exact) mass is 395 g/mol. The van der Waals surface area contributed by atoms with Crippen LogP contribution in [-0.2, 0) is 0 Å². The standard InChI is InChI=1S/C24H29NO4/c1-28-18-12-10-17(11-13-18)22-20-8-5-6-14-24(20,27)15-16-25(22)23(26)19-7-3-4-9-21(19)29-2/h3-4,7,9-13,20,22,27H,5-6,8,14-16H2,1-2H3/t20-,22+,24+/m1/s1. The van der Waals surface area contributed by atoms with Crippen molar-refractivity contribution in [3.05, 3.63) is 59.7 Å². The number of hydrogen-bond acceptors (Lipinski definition) is 4. The molecule has 2 aliphatic rings. The van der Waals surface area contributed by atoms with Crippen molar-refractivity contribution in [1.82, 2.24) is 4.90 Å². The van der Waals surface area contributed by atoms with Crippen molar-refractivity contribution in [2.45, 2.75) is 43.7 Å². The Morgan fingerprint density at radius 2 is 1.79 bits per heavy atom. The molecule has 1 N–H and O–H groups in total. The van der Waals surface area contributed by atoms with Gasteiger partial charge in [-0.3, -0.25) is 4.79 Å². The van der Waals surface area contributed by atoms with Crippen LogP contribution in [0.15, 0.2) is 48.5 Å². The van der Waals surface area contributed by atoms with E-state index in [4.69, 9.17) is 9.47 Å². The number of para-hydroxylation sites is 1. The third-order valence-electron chi connectivity index (χ3n) is 6.62. The predicted molar refractivity (Wildman–Crippen MR) is 111 cm³/mol. The van der Waals surface area contributed by atoms with E-state index in [-0.39, 0.29) is 17.9 Å². The van der Waals surface area contributed by atoms with Crippen molar-refractivity contribution in [3.63, 3.8) is 0 Å². The van der Waals surface area contributed by atoms with Crippen LogP contribution in [0.4, 0.5) is 0 Å². The largest absolute Gasteiger partial charge is 0.497 e. The van der Waals surface area contributed by atoms with E-state index >= 15 is 0 Å². The molecule has 0 unspecified atom stereocenters. The van der Waals surface area contributed by atoms with Gasteiger partial charge < -0.3 is 19.5 Å². The van der Waals surface area contributed by atoms with Gasteiger partial charge in [-0.05, 0) is 49.1 Å². The Morgan fingerprint density at radius 3 is 2.52 bits per heavy atom. The molecule has 4 rings (SSSR count). The average Bonchev–Trinajstić information content (AvgIpc) is 2.77. The topological polar surface area (TPSA) is 59.0 Å². The van der Waals surface area contributed by atoms with E-state index < -0.39 is 5.60 Å². The predicted octanol–water partition coefficient (Wildman–Crippen LogP) is 4.21. The Balaban J connectivity index is 1.75. The van der Waals surface area contributed by atoms with Crippen LogP contribution in [0.1, 0.15) is 54.1 Å². The lowest BCUT2D eigenvalue weighted by Crippen LogP contribution is -2.56. The maximum absolute atomic E-state index is 13.6. The molecule has 1 amide bonds. The van der Waals surface area contributed by atoms with Crippen LogP contribution in [0.3, 0.4) is 0 Å². The summed E-state index contributed by atoms with van der Waals surface area (Å²) in [6.07, 6.45) is 4.47. The van der Waals surface area contributed by atoms with Crippen LogP contribution < -0.4 is 9.47 Å². The van der Waals surface area contributed by atoms with Gasteiger partial charge in [-0.25, -0.2) is 0 Å². The number of benzene rings is 2. The normalized spacial score (nSPS) is 26.5. The zero-order chi connectivity index (χ0) is 20.4. The smallest absolute Gasteiger partial charge is 0.258 e. The highest BCUT2D eigenvalue weighted by atomic mass is 16.5. The van der Waals surface area contributed by atoms with Crippen LogP contribution in [0, 0.1) is 5.92 Å². The molecule has 0 spiro atoms. The lowest BCUT2D eigenvalue weighted by Gasteiger charge is -2.52. The van der Waals surface area contributed by atoms with Gasteiger partial charge in [-0.2, -0.15) is 0 Å². The van der Waals surface area contributed by atoms with Crippen molar-refractivity contribution in [3.8, 4) is 11.5 Å². The van der Waals surface area contributed by atoms with Gasteiger partial charge in [0.1, 0.15) is 11.5 Å². The number of methoxy groups -OCH3 is 2. The van der Waals surface area contributed by atoms with E-state index in [1.165, 1.54) is 0 Å². The van der Waals surface area contributed by atoms with Gasteiger partial charge in [0.2, 0.25) is 0 Å². The van der Waals surface area contributed by atoms with Crippen molar-refractivity contribution in [1.29, 1.82) is 0 Å². The second-order valence-electron chi connectivity index (χ2n) is 8.12. The van der Waals surface area contributed by atoms with Gasteiger partial charge in [0, 0.05) is 12.5 Å². The number of piperidine rings is 1. The van der Waals surface area contributed by atoms with E-state index in [0.29, 0.717) is 24.3 Å². The molecule has 0 bridgehead atoms. The maximum Gasteiger partial charge on any atom is 0.258 e. The summed E-state index contributed by atoms with van der Waals surface area (Å²) >= 11 is 0. The fraction of sp³-hybridized carbons (Fsp3) is 0.458. The first kappa shape index (κ1) is 19.8. The number of ether oxygens (including phenoxy) is 2. The minimum atomic E-state index is -0.708. The quantitative estimate of drug-likeness (QED) is 0.842. The summed E-state index contributed by atoms with van der Waals surface area (Å²) in [5.41, 5.74) is 0.897. The highest BCUT2D eigenvalue weighted by Crippen LogP contribution is 2.50. The number of carbonyl (C=O) groups excluding carboxylic acids is 1. The van der Waals surface area contributed by atoms with Crippen molar-refractivity contribution >= 4 is 5.91 Å². The Labute approximate surface area is 172 Å². The third-order valence-corrected chi connectivity index (χ3v) is 6.62. The van der Waals surface area contributed by atoms with E-state index in [1.807, 2.05) is 53.4 Å². The molecular weight excluding hydrogens is 366 g/mol. The molecule has 1 aliphatic heterocycles. The molecule has 5 heteroatoms. The van der Waals surface area contributed by atoms with Crippen LogP contribution >= 0.6 is 0 Å². The minimum Gasteiger partial charge on any atom is -0.497 e. The van der Waals surface area contributed by atoms with Gasteiger partial charge in [-0.1, -0.05) is 37.1 Å². The Kier molecular flexibility index (Phi) is 5.50. The van der Waals surface area contributed by atoms with Crippen LogP contribution in [0.25, 0.3) is 0 Å². The zero-order valence-corrected chi connectivity index (χ0v) is 17.1. The first-order valence-electron chi connectivity index (χ1n) is 10.4. The van der Waals surface area contributed by atoms with Crippen molar-refractivity contribution in [2.24, 2.45) is 5.92 Å². The summed E-state index contributed by atoms with van der Waals surface area (Å²) < 4.78 is 10.8. The van der Waals surface area contributed by atoms with Gasteiger partial charge >= 0.3 is 0 Å². The Bertz CT molecular complexity index is 865. The van der Waals surface area contributed by atoms with E-state index in [9.17, 15) is 9.90 Å². The number of likely N-dealkylation sites (tertiary alicyclic amines) is 1. The highest BCUT2D eigenvalue weighted by molar-refractivity contribution is 5.97. The lowest BCUT2D eigenvalue weighted by atomic mass is 9.66. The van der Waals surface area contributed by atoms with Gasteiger partial charge in [-0.15, -0.1) is 0 Å². The summed E-state index contributed by atoms with van der Waals surface area (Å²) in [6.45, 7) is 0.528. The SMILES string of the molecule is COc1ccc([C@H]2[C@H]3CCCC[C@]3(O)CCN2C(=O)c2ccccc2OC)cc1. The first-order valence-corrected chi connectivity index (χ1v) is 10.4. The van der Waals surface area contributed by atoms with Crippen LogP contribution in [0.5, 0.6) is 11.5 Å². The molecule has 29 heavy (non-hydrogen) atoms. The van der Waals surface area contributed by atoms with E-state index in [2.05, 4.69) is 0 Å². The molecular formula is C24H29NO4. The van der Waals surface area contributed by atoms with E-state index in [1.54, 1.807) is 14.2 Å². The molecule has 3 atom stereocenters. The molecule has 1 saturated carbocycles. The molecule has 1 aliphatic carbocycles. The summed E-state index contributed by atoms with van der Waals surface area (Å²) in [5.74, 6) is 1.34. The summed E-state index contributed by atoms with van der Waals surface area (Å²) in [5, 5.41) is 11.4. The number of fused-ring (bicyclic) bond motifs is 1. The van der Waals surface area contributed by atoms with E-state index in [0.717, 1.165) is 37.0 Å². The number of aliphatic hydroxyl groups is 1. The first-order chi connectivity index (χ1) is 14.1. The number of hydrogen-bond donors (Lipinski definition) is 1. The fourth-order valence-corrected chi connectivity index (χ4v) is 5.10. The summed E-state index contributed by atoms with van der Waals surface area (Å²) in [6, 6.07) is 15.1. The fourth-order valence-electron chi connectivity index (χ4n) is 5.10. The molecule has 154 valence electrons. The molecule has 5 nitrogen and oxygen atoms in total. The average molecular weight is 395 g/mol. The van der Waals surface area contributed by atoms with Gasteiger partial charge in [0.05, 0.1) is 31.4 Å².